The fourth-order valence-corrected chi connectivity index (χ4v) is 2.46. The topological polar surface area (TPSA) is 40.6 Å². The quantitative estimate of drug-likeness (QED) is 0.655. The van der Waals surface area contributed by atoms with Crippen molar-refractivity contribution in [1.82, 2.24) is 4.90 Å². The smallest absolute Gasteiger partial charge is 0.228 e. The molecular formula is C18H28N2O2. The van der Waals surface area contributed by atoms with Gasteiger partial charge in [-0.2, -0.15) is 0 Å². The monoisotopic (exact) mass is 304 g/mol. The van der Waals surface area contributed by atoms with Gasteiger partial charge < -0.3 is 9.80 Å². The molecule has 1 rings (SSSR count). The minimum absolute atomic E-state index is 0.0478. The number of benzene rings is 1. The van der Waals surface area contributed by atoms with Crippen molar-refractivity contribution in [3.8, 4) is 0 Å². The number of hydrogen-bond acceptors (Lipinski definition) is 2. The van der Waals surface area contributed by atoms with Crippen molar-refractivity contribution in [2.45, 2.75) is 46.5 Å². The number of para-hydroxylation sites is 1. The van der Waals surface area contributed by atoms with E-state index in [9.17, 15) is 9.59 Å². The van der Waals surface area contributed by atoms with Gasteiger partial charge in [0.25, 0.3) is 0 Å². The Morgan fingerprint density at radius 3 is 2.23 bits per heavy atom. The van der Waals surface area contributed by atoms with Gasteiger partial charge in [0, 0.05) is 38.7 Å². The van der Waals surface area contributed by atoms with Crippen molar-refractivity contribution in [3.63, 3.8) is 0 Å². The standard InChI is InChI=1S/C18H28N2O2/c1-4-6-10-14-19(16(3)21)15-13-18(22)20(5-2)17-11-8-7-9-12-17/h7-9,11-12H,4-6,10,13-15H2,1-3H3. The summed E-state index contributed by atoms with van der Waals surface area (Å²) in [5.41, 5.74) is 0.912. The van der Waals surface area contributed by atoms with Gasteiger partial charge in [-0.25, -0.2) is 0 Å². The number of rotatable bonds is 9. The summed E-state index contributed by atoms with van der Waals surface area (Å²) in [6, 6.07) is 9.67. The summed E-state index contributed by atoms with van der Waals surface area (Å²) < 4.78 is 0. The first-order valence-corrected chi connectivity index (χ1v) is 8.21. The Morgan fingerprint density at radius 1 is 1.00 bits per heavy atom. The van der Waals surface area contributed by atoms with Crippen LogP contribution < -0.4 is 4.90 Å². The second-order valence-corrected chi connectivity index (χ2v) is 5.44. The minimum atomic E-state index is 0.0478. The van der Waals surface area contributed by atoms with Crippen LogP contribution in [0, 0.1) is 0 Å². The van der Waals surface area contributed by atoms with E-state index in [1.807, 2.05) is 37.3 Å². The molecule has 4 heteroatoms. The Kier molecular flexibility index (Phi) is 8.26. The maximum absolute atomic E-state index is 12.4. The second-order valence-electron chi connectivity index (χ2n) is 5.44. The Bertz CT molecular complexity index is 459. The van der Waals surface area contributed by atoms with Crippen LogP contribution in [0.4, 0.5) is 5.69 Å². The van der Waals surface area contributed by atoms with E-state index in [4.69, 9.17) is 0 Å². The summed E-state index contributed by atoms with van der Waals surface area (Å²) in [5, 5.41) is 0. The highest BCUT2D eigenvalue weighted by Gasteiger charge is 2.16. The number of unbranched alkanes of at least 4 members (excludes halogenated alkanes) is 2. The van der Waals surface area contributed by atoms with Crippen LogP contribution in [0.15, 0.2) is 30.3 Å². The van der Waals surface area contributed by atoms with E-state index >= 15 is 0 Å². The zero-order valence-corrected chi connectivity index (χ0v) is 14.0. The van der Waals surface area contributed by atoms with Crippen molar-refractivity contribution in [3.05, 3.63) is 30.3 Å². The molecule has 0 aliphatic carbocycles. The van der Waals surface area contributed by atoms with E-state index < -0.39 is 0 Å². The van der Waals surface area contributed by atoms with E-state index in [1.54, 1.807) is 16.7 Å². The van der Waals surface area contributed by atoms with Crippen LogP contribution in [0.5, 0.6) is 0 Å². The van der Waals surface area contributed by atoms with Crippen molar-refractivity contribution < 1.29 is 9.59 Å². The maximum atomic E-state index is 12.4. The van der Waals surface area contributed by atoms with Crippen LogP contribution in [0.25, 0.3) is 0 Å². The van der Waals surface area contributed by atoms with Crippen molar-refractivity contribution in [1.29, 1.82) is 0 Å². The molecule has 0 aliphatic rings. The van der Waals surface area contributed by atoms with E-state index in [-0.39, 0.29) is 11.8 Å². The normalized spacial score (nSPS) is 10.3. The van der Waals surface area contributed by atoms with E-state index in [1.165, 1.54) is 0 Å². The zero-order chi connectivity index (χ0) is 16.4. The Labute approximate surface area is 134 Å². The molecule has 1 aromatic rings. The predicted octanol–water partition coefficient (Wildman–Crippen LogP) is 3.47. The fraction of sp³-hybridized carbons (Fsp3) is 0.556. The van der Waals surface area contributed by atoms with Gasteiger partial charge in [-0.3, -0.25) is 9.59 Å². The molecule has 0 heterocycles. The Morgan fingerprint density at radius 2 is 1.68 bits per heavy atom. The van der Waals surface area contributed by atoms with Crippen LogP contribution in [0.1, 0.15) is 46.5 Å². The summed E-state index contributed by atoms with van der Waals surface area (Å²) in [5.74, 6) is 0.113. The van der Waals surface area contributed by atoms with Crippen LogP contribution in [-0.4, -0.2) is 36.3 Å². The summed E-state index contributed by atoms with van der Waals surface area (Å²) in [6.07, 6.45) is 3.61. The van der Waals surface area contributed by atoms with E-state index in [0.29, 0.717) is 19.5 Å². The fourth-order valence-electron chi connectivity index (χ4n) is 2.46. The average Bonchev–Trinajstić information content (AvgIpc) is 2.52. The largest absolute Gasteiger partial charge is 0.342 e. The molecule has 0 saturated carbocycles. The van der Waals surface area contributed by atoms with Crippen LogP contribution >= 0.6 is 0 Å². The zero-order valence-electron chi connectivity index (χ0n) is 14.0. The van der Waals surface area contributed by atoms with Crippen LogP contribution in [0.3, 0.4) is 0 Å². The second kappa shape index (κ2) is 9.98. The lowest BCUT2D eigenvalue weighted by atomic mass is 10.2. The van der Waals surface area contributed by atoms with Crippen LogP contribution in [0.2, 0.25) is 0 Å². The SMILES string of the molecule is CCCCCN(CCC(=O)N(CC)c1ccccc1)C(C)=O. The van der Waals surface area contributed by atoms with Crippen molar-refractivity contribution in [2.75, 3.05) is 24.5 Å². The molecule has 0 saturated heterocycles. The molecular weight excluding hydrogens is 276 g/mol. The number of anilines is 1. The lowest BCUT2D eigenvalue weighted by molar-refractivity contribution is -0.129. The van der Waals surface area contributed by atoms with Gasteiger partial charge >= 0.3 is 0 Å². The molecule has 0 fully saturated rings. The Balaban J connectivity index is 2.56. The number of carbonyl (C=O) groups is 2. The molecule has 2 amide bonds. The molecule has 0 radical (unpaired) electrons. The molecule has 1 aromatic carbocycles. The molecule has 0 bridgehead atoms. The van der Waals surface area contributed by atoms with Crippen molar-refractivity contribution in [2.24, 2.45) is 0 Å². The summed E-state index contributed by atoms with van der Waals surface area (Å²) in [6.45, 7) is 7.56. The summed E-state index contributed by atoms with van der Waals surface area (Å²) in [4.78, 5) is 27.6. The third-order valence-electron chi connectivity index (χ3n) is 3.76. The molecule has 0 spiro atoms. The molecule has 122 valence electrons. The highest BCUT2D eigenvalue weighted by Crippen LogP contribution is 2.14. The Hall–Kier alpha value is -1.84. The van der Waals surface area contributed by atoms with Gasteiger partial charge in [-0.1, -0.05) is 38.0 Å². The highest BCUT2D eigenvalue weighted by atomic mass is 16.2. The lowest BCUT2D eigenvalue weighted by Gasteiger charge is -2.24. The minimum Gasteiger partial charge on any atom is -0.342 e. The molecule has 0 N–H and O–H groups in total. The number of hydrogen-bond donors (Lipinski definition) is 0. The van der Waals surface area contributed by atoms with Gasteiger partial charge in [0.2, 0.25) is 11.8 Å². The summed E-state index contributed by atoms with van der Waals surface area (Å²) >= 11 is 0. The highest BCUT2D eigenvalue weighted by molar-refractivity contribution is 5.93. The van der Waals surface area contributed by atoms with Gasteiger partial charge in [-0.15, -0.1) is 0 Å². The van der Waals surface area contributed by atoms with Gasteiger partial charge in [-0.05, 0) is 25.5 Å². The van der Waals surface area contributed by atoms with E-state index in [2.05, 4.69) is 6.92 Å². The molecule has 4 nitrogen and oxygen atoms in total. The first-order chi connectivity index (χ1) is 10.6. The third-order valence-corrected chi connectivity index (χ3v) is 3.76. The predicted molar refractivity (Wildman–Crippen MR) is 90.9 cm³/mol. The van der Waals surface area contributed by atoms with Gasteiger partial charge in [0.15, 0.2) is 0 Å². The first kappa shape index (κ1) is 18.2. The summed E-state index contributed by atoms with van der Waals surface area (Å²) in [7, 11) is 0. The molecule has 0 aliphatic heterocycles. The molecule has 0 aromatic heterocycles. The molecule has 22 heavy (non-hydrogen) atoms. The van der Waals surface area contributed by atoms with Crippen molar-refractivity contribution >= 4 is 17.5 Å². The van der Waals surface area contributed by atoms with E-state index in [0.717, 1.165) is 31.5 Å². The average molecular weight is 304 g/mol. The van der Waals surface area contributed by atoms with Crippen LogP contribution in [-0.2, 0) is 9.59 Å². The maximum Gasteiger partial charge on any atom is 0.228 e. The molecule has 0 unspecified atom stereocenters. The number of amides is 2. The lowest BCUT2D eigenvalue weighted by Crippen LogP contribution is -2.36. The molecule has 0 atom stereocenters. The third kappa shape index (κ3) is 5.88. The van der Waals surface area contributed by atoms with Gasteiger partial charge in [0.05, 0.1) is 0 Å². The van der Waals surface area contributed by atoms with Gasteiger partial charge in [0.1, 0.15) is 0 Å². The first-order valence-electron chi connectivity index (χ1n) is 8.21. The number of carbonyl (C=O) groups excluding carboxylic acids is 2. The number of nitrogens with zero attached hydrogens (tertiary/aromatic N) is 2.